The quantitative estimate of drug-likeness (QED) is 0.787. The molecule has 1 rings (SSSR count). The van der Waals surface area contributed by atoms with Crippen LogP contribution in [0.5, 0.6) is 0 Å². The topological polar surface area (TPSA) is 29.0 Å². The van der Waals surface area contributed by atoms with Crippen molar-refractivity contribution in [3.05, 3.63) is 17.0 Å². The molecule has 0 aliphatic rings. The number of nitrogens with zero attached hydrogens (tertiary/aromatic N) is 3. The molecule has 102 valence electrons. The first kappa shape index (κ1) is 15.0. The van der Waals surface area contributed by atoms with Crippen LogP contribution < -0.4 is 4.90 Å². The molecule has 0 saturated carbocycles. The maximum absolute atomic E-state index is 12.6. The number of aromatic nitrogens is 2. The van der Waals surface area contributed by atoms with Crippen molar-refractivity contribution in [2.75, 3.05) is 11.4 Å². The molecule has 1 unspecified atom stereocenters. The maximum Gasteiger partial charge on any atom is 0.451 e. The van der Waals surface area contributed by atoms with Gasteiger partial charge in [0.05, 0.1) is 0 Å². The molecule has 0 fully saturated rings. The lowest BCUT2D eigenvalue weighted by Crippen LogP contribution is -2.33. The van der Waals surface area contributed by atoms with Crippen LogP contribution in [-0.4, -0.2) is 22.6 Å². The van der Waals surface area contributed by atoms with E-state index >= 15 is 0 Å². The Labute approximate surface area is 109 Å². The molecule has 1 atom stereocenters. The van der Waals surface area contributed by atoms with Crippen molar-refractivity contribution in [3.63, 3.8) is 0 Å². The average Bonchev–Trinajstić information content (AvgIpc) is 2.27. The largest absolute Gasteiger partial charge is 0.451 e. The Morgan fingerprint density at radius 3 is 2.39 bits per heavy atom. The third-order valence-corrected chi connectivity index (χ3v) is 2.89. The molecule has 3 nitrogen and oxygen atoms in total. The van der Waals surface area contributed by atoms with Gasteiger partial charge >= 0.3 is 6.18 Å². The fourth-order valence-corrected chi connectivity index (χ4v) is 1.78. The van der Waals surface area contributed by atoms with Gasteiger partial charge in [-0.3, -0.25) is 0 Å². The molecule has 1 aromatic rings. The smallest absolute Gasteiger partial charge is 0.354 e. The van der Waals surface area contributed by atoms with Gasteiger partial charge in [-0.05, 0) is 20.3 Å². The minimum absolute atomic E-state index is 0.0852. The molecular formula is C11H15ClF3N3. The minimum atomic E-state index is -4.59. The van der Waals surface area contributed by atoms with E-state index in [1.165, 1.54) is 6.07 Å². The van der Waals surface area contributed by atoms with Crippen molar-refractivity contribution in [3.8, 4) is 0 Å². The summed E-state index contributed by atoms with van der Waals surface area (Å²) in [5, 5.41) is -0.200. The van der Waals surface area contributed by atoms with Crippen LogP contribution in [0.2, 0.25) is 5.15 Å². The first-order valence-electron chi connectivity index (χ1n) is 5.68. The number of hydrogen-bond acceptors (Lipinski definition) is 3. The highest BCUT2D eigenvalue weighted by molar-refractivity contribution is 6.29. The number of anilines is 1. The maximum atomic E-state index is 12.6. The van der Waals surface area contributed by atoms with E-state index in [0.717, 1.165) is 6.42 Å². The standard InChI is InChI=1S/C11H15ClF3N3/c1-4-7(3)18(5-2)9-6-8(12)16-10(17-9)11(13,14)15/h6-7H,4-5H2,1-3H3. The monoisotopic (exact) mass is 281 g/mol. The van der Waals surface area contributed by atoms with Crippen LogP contribution in [0.25, 0.3) is 0 Å². The van der Waals surface area contributed by atoms with Gasteiger partial charge in [-0.25, -0.2) is 9.97 Å². The zero-order valence-electron chi connectivity index (χ0n) is 10.4. The van der Waals surface area contributed by atoms with E-state index in [2.05, 4.69) is 9.97 Å². The Kier molecular flexibility index (Phi) is 4.78. The second kappa shape index (κ2) is 5.73. The Balaban J connectivity index is 3.20. The number of halogens is 4. The number of rotatable bonds is 4. The highest BCUT2D eigenvalue weighted by atomic mass is 35.5. The van der Waals surface area contributed by atoms with Crippen molar-refractivity contribution < 1.29 is 13.2 Å². The predicted molar refractivity (Wildman–Crippen MR) is 64.8 cm³/mol. The van der Waals surface area contributed by atoms with Gasteiger partial charge in [0.25, 0.3) is 0 Å². The molecule has 0 spiro atoms. The molecule has 18 heavy (non-hydrogen) atoms. The minimum Gasteiger partial charge on any atom is -0.354 e. The first-order valence-corrected chi connectivity index (χ1v) is 6.05. The van der Waals surface area contributed by atoms with E-state index < -0.39 is 12.0 Å². The third-order valence-electron chi connectivity index (χ3n) is 2.69. The van der Waals surface area contributed by atoms with Crippen LogP contribution in [0, 0.1) is 0 Å². The molecule has 1 heterocycles. The molecule has 1 aromatic heterocycles. The molecule has 7 heteroatoms. The summed E-state index contributed by atoms with van der Waals surface area (Å²) in [6.45, 7) is 6.29. The molecule has 0 aromatic carbocycles. The zero-order chi connectivity index (χ0) is 13.9. The normalized spacial score (nSPS) is 13.5. The molecule has 0 radical (unpaired) electrons. The van der Waals surface area contributed by atoms with E-state index in [1.807, 2.05) is 20.8 Å². The molecular weight excluding hydrogens is 267 g/mol. The lowest BCUT2D eigenvalue weighted by Gasteiger charge is -2.28. The van der Waals surface area contributed by atoms with Gasteiger partial charge in [-0.1, -0.05) is 18.5 Å². The Hall–Kier alpha value is -1.04. The van der Waals surface area contributed by atoms with Crippen molar-refractivity contribution >= 4 is 17.4 Å². The lowest BCUT2D eigenvalue weighted by atomic mass is 10.2. The highest BCUT2D eigenvalue weighted by Gasteiger charge is 2.35. The summed E-state index contributed by atoms with van der Waals surface area (Å²) < 4.78 is 37.8. The Morgan fingerprint density at radius 1 is 1.33 bits per heavy atom. The summed E-state index contributed by atoms with van der Waals surface area (Å²) in [4.78, 5) is 8.53. The first-order chi connectivity index (χ1) is 8.29. The molecule has 0 aliphatic carbocycles. The summed E-state index contributed by atoms with van der Waals surface area (Å²) in [5.74, 6) is -0.995. The van der Waals surface area contributed by atoms with E-state index in [-0.39, 0.29) is 17.0 Å². The summed E-state index contributed by atoms with van der Waals surface area (Å²) in [6.07, 6.45) is -3.79. The lowest BCUT2D eigenvalue weighted by molar-refractivity contribution is -0.144. The molecule has 0 saturated heterocycles. The van der Waals surface area contributed by atoms with E-state index in [1.54, 1.807) is 4.90 Å². The van der Waals surface area contributed by atoms with Crippen molar-refractivity contribution in [1.29, 1.82) is 0 Å². The van der Waals surface area contributed by atoms with Gasteiger partial charge in [0.2, 0.25) is 5.82 Å². The average molecular weight is 282 g/mol. The van der Waals surface area contributed by atoms with Gasteiger partial charge in [0.15, 0.2) is 0 Å². The van der Waals surface area contributed by atoms with Crippen LogP contribution in [0.15, 0.2) is 6.07 Å². The van der Waals surface area contributed by atoms with Gasteiger partial charge in [0, 0.05) is 18.7 Å². The van der Waals surface area contributed by atoms with Crippen LogP contribution in [0.1, 0.15) is 33.0 Å². The van der Waals surface area contributed by atoms with E-state index in [4.69, 9.17) is 11.6 Å². The number of alkyl halides is 3. The summed E-state index contributed by atoms with van der Waals surface area (Å²) >= 11 is 5.63. The second-order valence-electron chi connectivity index (χ2n) is 3.91. The van der Waals surface area contributed by atoms with Gasteiger partial charge in [-0.15, -0.1) is 0 Å². The summed E-state index contributed by atoms with van der Waals surface area (Å²) in [5.41, 5.74) is 0. The molecule has 0 amide bonds. The van der Waals surface area contributed by atoms with Crippen molar-refractivity contribution in [1.82, 2.24) is 9.97 Å². The van der Waals surface area contributed by atoms with Crippen molar-refractivity contribution in [2.24, 2.45) is 0 Å². The van der Waals surface area contributed by atoms with Crippen LogP contribution in [-0.2, 0) is 6.18 Å². The van der Waals surface area contributed by atoms with Gasteiger partial charge in [0.1, 0.15) is 11.0 Å². The molecule has 0 aliphatic heterocycles. The Morgan fingerprint density at radius 2 is 1.94 bits per heavy atom. The fourth-order valence-electron chi connectivity index (χ4n) is 1.60. The van der Waals surface area contributed by atoms with Crippen LogP contribution >= 0.6 is 11.6 Å². The van der Waals surface area contributed by atoms with Crippen molar-refractivity contribution in [2.45, 2.75) is 39.4 Å². The third kappa shape index (κ3) is 3.48. The van der Waals surface area contributed by atoms with Gasteiger partial charge in [-0.2, -0.15) is 13.2 Å². The fraction of sp³-hybridized carbons (Fsp3) is 0.636. The predicted octanol–water partition coefficient (Wildman–Crippen LogP) is 3.77. The van der Waals surface area contributed by atoms with Gasteiger partial charge < -0.3 is 4.90 Å². The molecule has 0 bridgehead atoms. The summed E-state index contributed by atoms with van der Waals surface area (Å²) in [6, 6.07) is 1.44. The van der Waals surface area contributed by atoms with Crippen LogP contribution in [0.3, 0.4) is 0 Å². The summed E-state index contributed by atoms with van der Waals surface area (Å²) in [7, 11) is 0. The SMILES string of the molecule is CCC(C)N(CC)c1cc(Cl)nc(C(F)(F)F)n1. The van der Waals surface area contributed by atoms with Crippen LogP contribution in [0.4, 0.5) is 19.0 Å². The zero-order valence-corrected chi connectivity index (χ0v) is 11.2. The Bertz CT molecular complexity index is 409. The molecule has 0 N–H and O–H groups in total. The number of hydrogen-bond donors (Lipinski definition) is 0. The highest BCUT2D eigenvalue weighted by Crippen LogP contribution is 2.29. The second-order valence-corrected chi connectivity index (χ2v) is 4.30. The van der Waals surface area contributed by atoms with E-state index in [0.29, 0.717) is 6.54 Å². The van der Waals surface area contributed by atoms with E-state index in [9.17, 15) is 13.2 Å².